The fourth-order valence-corrected chi connectivity index (χ4v) is 4.09. The van der Waals surface area contributed by atoms with Crippen molar-refractivity contribution in [2.45, 2.75) is 13.0 Å². The average Bonchev–Trinajstić information content (AvgIpc) is 3.49. The minimum atomic E-state index is -0.264. The standard InChI is InChI=1S/C25H24N4O3S/c30-20-10-4-9-19(15-20)24(31)26-12-6-13-27-25(32)21-17-29(16-18-7-2-1-3-8-18)28-23(21)22-11-5-14-33-22/h1-5,7-11,14-15,17,30H,6,12-13,16H2,(H,26,31)(H,27,32). The molecule has 0 fully saturated rings. The maximum Gasteiger partial charge on any atom is 0.255 e. The van der Waals surface area contributed by atoms with E-state index in [1.165, 1.54) is 12.1 Å². The van der Waals surface area contributed by atoms with Crippen LogP contribution in [0.3, 0.4) is 0 Å². The van der Waals surface area contributed by atoms with E-state index in [4.69, 9.17) is 0 Å². The summed E-state index contributed by atoms with van der Waals surface area (Å²) in [6.07, 6.45) is 2.35. The zero-order valence-electron chi connectivity index (χ0n) is 17.9. The highest BCUT2D eigenvalue weighted by atomic mass is 32.1. The molecule has 0 unspecified atom stereocenters. The molecule has 33 heavy (non-hydrogen) atoms. The maximum absolute atomic E-state index is 12.9. The highest BCUT2D eigenvalue weighted by Gasteiger charge is 2.18. The predicted octanol–water partition coefficient (Wildman–Crippen LogP) is 3.92. The first-order valence-corrected chi connectivity index (χ1v) is 11.5. The predicted molar refractivity (Wildman–Crippen MR) is 128 cm³/mol. The summed E-state index contributed by atoms with van der Waals surface area (Å²) >= 11 is 1.54. The first-order valence-electron chi connectivity index (χ1n) is 10.6. The number of nitrogens with one attached hydrogen (secondary N) is 2. The average molecular weight is 461 g/mol. The molecule has 2 heterocycles. The van der Waals surface area contributed by atoms with Crippen LogP contribution in [0.25, 0.3) is 10.6 Å². The van der Waals surface area contributed by atoms with Crippen molar-refractivity contribution in [2.75, 3.05) is 13.1 Å². The third-order valence-corrected chi connectivity index (χ3v) is 5.86. The minimum Gasteiger partial charge on any atom is -0.508 e. The molecule has 0 aliphatic carbocycles. The van der Waals surface area contributed by atoms with Crippen LogP contribution in [0, 0.1) is 0 Å². The number of nitrogens with zero attached hydrogens (tertiary/aromatic N) is 2. The van der Waals surface area contributed by atoms with Gasteiger partial charge in [-0.25, -0.2) is 0 Å². The molecule has 2 aromatic carbocycles. The number of phenolic OH excluding ortho intramolecular Hbond substituents is 1. The van der Waals surface area contributed by atoms with E-state index in [1.54, 1.807) is 34.3 Å². The van der Waals surface area contributed by atoms with Gasteiger partial charge in [-0.3, -0.25) is 14.3 Å². The Hall–Kier alpha value is -3.91. The number of hydrogen-bond acceptors (Lipinski definition) is 5. The van der Waals surface area contributed by atoms with E-state index in [9.17, 15) is 14.7 Å². The number of aromatic hydroxyl groups is 1. The summed E-state index contributed by atoms with van der Waals surface area (Å²) in [4.78, 5) is 26.0. The Balaban J connectivity index is 1.34. The fourth-order valence-electron chi connectivity index (χ4n) is 3.37. The Morgan fingerprint density at radius 3 is 2.45 bits per heavy atom. The van der Waals surface area contributed by atoms with Crippen LogP contribution in [0.15, 0.2) is 78.3 Å². The van der Waals surface area contributed by atoms with Gasteiger partial charge in [-0.1, -0.05) is 42.5 Å². The lowest BCUT2D eigenvalue weighted by Gasteiger charge is -2.07. The summed E-state index contributed by atoms with van der Waals surface area (Å²) in [5.74, 6) is -0.416. The molecule has 0 radical (unpaired) electrons. The summed E-state index contributed by atoms with van der Waals surface area (Å²) in [7, 11) is 0. The molecule has 0 saturated heterocycles. The quantitative estimate of drug-likeness (QED) is 0.330. The molecular weight excluding hydrogens is 436 g/mol. The van der Waals surface area contributed by atoms with Crippen LogP contribution in [-0.2, 0) is 6.54 Å². The first kappa shape index (κ1) is 22.3. The highest BCUT2D eigenvalue weighted by Crippen LogP contribution is 2.27. The smallest absolute Gasteiger partial charge is 0.255 e. The van der Waals surface area contributed by atoms with Gasteiger partial charge in [0.2, 0.25) is 0 Å². The second-order valence-corrected chi connectivity index (χ2v) is 8.42. The third-order valence-electron chi connectivity index (χ3n) is 4.98. The summed E-state index contributed by atoms with van der Waals surface area (Å²) < 4.78 is 1.79. The molecule has 0 spiro atoms. The van der Waals surface area contributed by atoms with Crippen molar-refractivity contribution in [1.82, 2.24) is 20.4 Å². The number of aromatic nitrogens is 2. The molecule has 2 aromatic heterocycles. The molecule has 0 aliphatic heterocycles. The third kappa shape index (κ3) is 5.87. The Labute approximate surface area is 195 Å². The van der Waals surface area contributed by atoms with Gasteiger partial charge in [0, 0.05) is 24.8 Å². The second kappa shape index (κ2) is 10.6. The first-order chi connectivity index (χ1) is 16.1. The van der Waals surface area contributed by atoms with Crippen LogP contribution in [0.4, 0.5) is 0 Å². The second-order valence-electron chi connectivity index (χ2n) is 7.47. The maximum atomic E-state index is 12.9. The van der Waals surface area contributed by atoms with Gasteiger partial charge in [0.15, 0.2) is 0 Å². The summed E-state index contributed by atoms with van der Waals surface area (Å²) in [6.45, 7) is 1.39. The van der Waals surface area contributed by atoms with E-state index in [2.05, 4.69) is 15.7 Å². The van der Waals surface area contributed by atoms with E-state index in [0.29, 0.717) is 42.9 Å². The molecule has 0 bridgehead atoms. The van der Waals surface area contributed by atoms with Crippen molar-refractivity contribution in [3.63, 3.8) is 0 Å². The Morgan fingerprint density at radius 1 is 0.939 bits per heavy atom. The number of phenols is 1. The molecule has 3 N–H and O–H groups in total. The van der Waals surface area contributed by atoms with E-state index in [1.807, 2.05) is 47.8 Å². The zero-order chi connectivity index (χ0) is 23.0. The van der Waals surface area contributed by atoms with Gasteiger partial charge in [-0.2, -0.15) is 5.10 Å². The van der Waals surface area contributed by atoms with Crippen molar-refractivity contribution in [2.24, 2.45) is 0 Å². The summed E-state index contributed by atoms with van der Waals surface area (Å²) in [5, 5.41) is 21.8. The van der Waals surface area contributed by atoms with Crippen LogP contribution < -0.4 is 10.6 Å². The van der Waals surface area contributed by atoms with Gasteiger partial charge in [0.05, 0.1) is 17.0 Å². The lowest BCUT2D eigenvalue weighted by Crippen LogP contribution is -2.30. The van der Waals surface area contributed by atoms with Crippen LogP contribution >= 0.6 is 11.3 Å². The molecule has 2 amide bonds. The normalized spacial score (nSPS) is 10.7. The number of thiophene rings is 1. The number of carbonyl (C=O) groups excluding carboxylic acids is 2. The lowest BCUT2D eigenvalue weighted by atomic mass is 10.2. The molecule has 0 atom stereocenters. The van der Waals surface area contributed by atoms with Gasteiger partial charge >= 0.3 is 0 Å². The van der Waals surface area contributed by atoms with Crippen LogP contribution in [0.2, 0.25) is 0 Å². The molecule has 0 aliphatic rings. The van der Waals surface area contributed by atoms with Gasteiger partial charge in [-0.05, 0) is 41.6 Å². The molecule has 0 saturated carbocycles. The zero-order valence-corrected chi connectivity index (χ0v) is 18.7. The summed E-state index contributed by atoms with van der Waals surface area (Å²) in [6, 6.07) is 20.0. The molecular formula is C25H24N4O3S. The SMILES string of the molecule is O=C(NCCCNC(=O)c1cn(Cc2ccccc2)nc1-c1cccs1)c1cccc(O)c1. The van der Waals surface area contributed by atoms with Crippen molar-refractivity contribution >= 4 is 23.2 Å². The van der Waals surface area contributed by atoms with E-state index < -0.39 is 0 Å². The Kier molecular flexibility index (Phi) is 7.16. The number of rotatable bonds is 9. The van der Waals surface area contributed by atoms with Crippen molar-refractivity contribution < 1.29 is 14.7 Å². The van der Waals surface area contributed by atoms with Crippen LogP contribution in [0.1, 0.15) is 32.7 Å². The van der Waals surface area contributed by atoms with Gasteiger partial charge in [0.25, 0.3) is 11.8 Å². The van der Waals surface area contributed by atoms with E-state index in [0.717, 1.165) is 10.4 Å². The van der Waals surface area contributed by atoms with Gasteiger partial charge < -0.3 is 15.7 Å². The molecule has 4 aromatic rings. The molecule has 168 valence electrons. The van der Waals surface area contributed by atoms with Crippen LogP contribution in [-0.4, -0.2) is 39.8 Å². The van der Waals surface area contributed by atoms with Crippen molar-refractivity contribution in [3.05, 3.63) is 95.0 Å². The van der Waals surface area contributed by atoms with Crippen molar-refractivity contribution in [1.29, 1.82) is 0 Å². The monoisotopic (exact) mass is 460 g/mol. The van der Waals surface area contributed by atoms with E-state index >= 15 is 0 Å². The number of hydrogen-bond donors (Lipinski definition) is 3. The van der Waals surface area contributed by atoms with Gasteiger partial charge in [0.1, 0.15) is 11.4 Å². The highest BCUT2D eigenvalue weighted by molar-refractivity contribution is 7.13. The molecule has 8 heteroatoms. The lowest BCUT2D eigenvalue weighted by molar-refractivity contribution is 0.0951. The molecule has 7 nitrogen and oxygen atoms in total. The number of benzene rings is 2. The minimum absolute atomic E-state index is 0.0456. The largest absolute Gasteiger partial charge is 0.508 e. The van der Waals surface area contributed by atoms with Crippen molar-refractivity contribution in [3.8, 4) is 16.3 Å². The summed E-state index contributed by atoms with van der Waals surface area (Å²) in [5.41, 5.74) is 2.69. The number of carbonyl (C=O) groups is 2. The Bertz CT molecular complexity index is 1220. The fraction of sp³-hybridized carbons (Fsp3) is 0.160. The Morgan fingerprint density at radius 2 is 1.73 bits per heavy atom. The van der Waals surface area contributed by atoms with Gasteiger partial charge in [-0.15, -0.1) is 11.3 Å². The van der Waals surface area contributed by atoms with Crippen LogP contribution in [0.5, 0.6) is 5.75 Å². The topological polar surface area (TPSA) is 96.3 Å². The molecule has 4 rings (SSSR count). The van der Waals surface area contributed by atoms with E-state index in [-0.39, 0.29) is 17.6 Å². The number of amides is 2.